The third kappa shape index (κ3) is 4.22. The van der Waals surface area contributed by atoms with Crippen LogP contribution < -0.4 is 10.9 Å². The Morgan fingerprint density at radius 2 is 2.15 bits per heavy atom. The smallest absolute Gasteiger partial charge is 0.252 e. The first kappa shape index (κ1) is 18.8. The van der Waals surface area contributed by atoms with Gasteiger partial charge in [0.15, 0.2) is 0 Å². The van der Waals surface area contributed by atoms with Crippen molar-refractivity contribution in [3.05, 3.63) is 68.5 Å². The maximum absolute atomic E-state index is 13.9. The highest BCUT2D eigenvalue weighted by Gasteiger charge is 2.16. The van der Waals surface area contributed by atoms with Crippen LogP contribution in [0.3, 0.4) is 0 Å². The number of nitrogens with one attached hydrogen (secondary N) is 2. The zero-order valence-corrected chi connectivity index (χ0v) is 15.5. The van der Waals surface area contributed by atoms with E-state index in [9.17, 15) is 14.0 Å². The lowest BCUT2D eigenvalue weighted by atomic mass is 10.1. The van der Waals surface area contributed by atoms with E-state index >= 15 is 0 Å². The van der Waals surface area contributed by atoms with E-state index in [0.717, 1.165) is 0 Å². The highest BCUT2D eigenvalue weighted by molar-refractivity contribution is 6.31. The van der Waals surface area contributed by atoms with Crippen molar-refractivity contribution in [3.63, 3.8) is 0 Å². The Kier molecular flexibility index (Phi) is 5.36. The van der Waals surface area contributed by atoms with E-state index in [2.05, 4.69) is 20.4 Å². The van der Waals surface area contributed by atoms with Crippen LogP contribution in [0.15, 0.2) is 35.1 Å². The Balaban J connectivity index is 1.89. The van der Waals surface area contributed by atoms with E-state index in [-0.39, 0.29) is 28.5 Å². The molecule has 0 unspecified atom stereocenters. The van der Waals surface area contributed by atoms with Crippen LogP contribution in [0.1, 0.15) is 23.9 Å². The quantitative estimate of drug-likeness (QED) is 0.701. The lowest BCUT2D eigenvalue weighted by Gasteiger charge is -2.10. The van der Waals surface area contributed by atoms with Crippen molar-refractivity contribution in [2.75, 3.05) is 5.32 Å². The van der Waals surface area contributed by atoms with Crippen LogP contribution in [0.4, 0.5) is 10.2 Å². The van der Waals surface area contributed by atoms with Gasteiger partial charge in [0, 0.05) is 28.4 Å². The minimum absolute atomic E-state index is 0.110. The second-order valence-electron chi connectivity index (χ2n) is 5.92. The van der Waals surface area contributed by atoms with Crippen molar-refractivity contribution < 1.29 is 9.18 Å². The van der Waals surface area contributed by atoms with Crippen LogP contribution in [-0.2, 0) is 17.6 Å². The predicted molar refractivity (Wildman–Crippen MR) is 99.8 cm³/mol. The van der Waals surface area contributed by atoms with Crippen LogP contribution >= 0.6 is 11.6 Å². The SMILES string of the molecule is CCc1cc(=O)[nH]c(-n2nc(C)cc2NC(=O)Cc2c(F)cccc2Cl)n1. The molecule has 0 fully saturated rings. The number of aryl methyl sites for hydroxylation is 2. The summed E-state index contributed by atoms with van der Waals surface area (Å²) in [7, 11) is 0. The van der Waals surface area contributed by atoms with Crippen molar-refractivity contribution in [1.29, 1.82) is 0 Å². The summed E-state index contributed by atoms with van der Waals surface area (Å²) in [5, 5.41) is 7.10. The molecular weight excluding hydrogens is 373 g/mol. The molecule has 0 radical (unpaired) electrons. The monoisotopic (exact) mass is 389 g/mol. The molecule has 0 aliphatic carbocycles. The Hall–Kier alpha value is -3.00. The molecular formula is C18H17ClFN5O2. The van der Waals surface area contributed by atoms with Gasteiger partial charge in [-0.15, -0.1) is 0 Å². The summed E-state index contributed by atoms with van der Waals surface area (Å²) in [4.78, 5) is 31.1. The molecule has 0 saturated carbocycles. The van der Waals surface area contributed by atoms with Crippen LogP contribution in [-0.4, -0.2) is 25.7 Å². The third-order valence-electron chi connectivity index (χ3n) is 3.84. The number of anilines is 1. The van der Waals surface area contributed by atoms with E-state index < -0.39 is 11.7 Å². The van der Waals surface area contributed by atoms with Crippen molar-refractivity contribution in [3.8, 4) is 5.95 Å². The van der Waals surface area contributed by atoms with E-state index in [1.165, 1.54) is 28.9 Å². The van der Waals surface area contributed by atoms with Gasteiger partial charge in [-0.05, 0) is 25.5 Å². The van der Waals surface area contributed by atoms with Gasteiger partial charge in [0.25, 0.3) is 5.56 Å². The number of aromatic nitrogens is 4. The maximum atomic E-state index is 13.9. The Bertz CT molecular complexity index is 1040. The van der Waals surface area contributed by atoms with E-state index in [0.29, 0.717) is 23.6 Å². The summed E-state index contributed by atoms with van der Waals surface area (Å²) in [5.74, 6) is -0.533. The Morgan fingerprint density at radius 1 is 1.37 bits per heavy atom. The molecule has 0 saturated heterocycles. The fraction of sp³-hybridized carbons (Fsp3) is 0.222. The van der Waals surface area contributed by atoms with Crippen molar-refractivity contribution >= 4 is 23.3 Å². The molecule has 140 valence electrons. The molecule has 3 rings (SSSR count). The minimum atomic E-state index is -0.552. The summed E-state index contributed by atoms with van der Waals surface area (Å²) in [5.41, 5.74) is 0.996. The number of halogens is 2. The number of aromatic amines is 1. The van der Waals surface area contributed by atoms with Crippen LogP contribution in [0.25, 0.3) is 5.95 Å². The van der Waals surface area contributed by atoms with Crippen molar-refractivity contribution in [1.82, 2.24) is 19.7 Å². The maximum Gasteiger partial charge on any atom is 0.252 e. The zero-order valence-electron chi connectivity index (χ0n) is 14.7. The Labute approximate surface area is 159 Å². The molecule has 3 aromatic rings. The standard InChI is InChI=1S/C18H17ClFN5O2/c1-3-11-8-16(26)23-18(21-11)25-15(7-10(2)24-25)22-17(27)9-12-13(19)5-4-6-14(12)20/h4-8H,3,9H2,1-2H3,(H,22,27)(H,21,23,26). The molecule has 27 heavy (non-hydrogen) atoms. The number of amides is 1. The number of carbonyl (C=O) groups is 1. The van der Waals surface area contributed by atoms with Crippen LogP contribution in [0.5, 0.6) is 0 Å². The number of nitrogens with zero attached hydrogens (tertiary/aromatic N) is 3. The summed E-state index contributed by atoms with van der Waals surface area (Å²) < 4.78 is 15.2. The Morgan fingerprint density at radius 3 is 2.85 bits per heavy atom. The fourth-order valence-electron chi connectivity index (χ4n) is 2.57. The molecule has 1 aromatic carbocycles. The number of hydrogen-bond acceptors (Lipinski definition) is 4. The number of benzene rings is 1. The first-order valence-corrected chi connectivity index (χ1v) is 8.65. The number of hydrogen-bond donors (Lipinski definition) is 2. The molecule has 2 N–H and O–H groups in total. The molecule has 0 bridgehead atoms. The molecule has 2 heterocycles. The number of rotatable bonds is 5. The summed E-state index contributed by atoms with van der Waals surface area (Å²) >= 11 is 5.97. The second kappa shape index (κ2) is 7.71. The van der Waals surface area contributed by atoms with Crippen molar-refractivity contribution in [2.45, 2.75) is 26.7 Å². The highest BCUT2D eigenvalue weighted by atomic mass is 35.5. The third-order valence-corrected chi connectivity index (χ3v) is 4.20. The van der Waals surface area contributed by atoms with Crippen LogP contribution in [0.2, 0.25) is 5.02 Å². The summed E-state index contributed by atoms with van der Waals surface area (Å²) in [6, 6.07) is 7.26. The highest BCUT2D eigenvalue weighted by Crippen LogP contribution is 2.20. The molecule has 0 spiro atoms. The molecule has 7 nitrogen and oxygen atoms in total. The average molecular weight is 390 g/mol. The van der Waals surface area contributed by atoms with Gasteiger partial charge in [-0.2, -0.15) is 9.78 Å². The predicted octanol–water partition coefficient (Wildman–Crippen LogP) is 2.80. The topological polar surface area (TPSA) is 92.7 Å². The number of carbonyl (C=O) groups excluding carboxylic acids is 1. The minimum Gasteiger partial charge on any atom is -0.310 e. The van der Waals surface area contributed by atoms with Crippen molar-refractivity contribution in [2.24, 2.45) is 0 Å². The van der Waals surface area contributed by atoms with Gasteiger partial charge >= 0.3 is 0 Å². The lowest BCUT2D eigenvalue weighted by Crippen LogP contribution is -2.20. The first-order chi connectivity index (χ1) is 12.9. The van der Waals surface area contributed by atoms with E-state index in [1.807, 2.05) is 6.92 Å². The van der Waals surface area contributed by atoms with E-state index in [1.54, 1.807) is 13.0 Å². The largest absolute Gasteiger partial charge is 0.310 e. The molecule has 9 heteroatoms. The average Bonchev–Trinajstić information content (AvgIpc) is 2.98. The van der Waals surface area contributed by atoms with Gasteiger partial charge in [0.05, 0.1) is 12.1 Å². The van der Waals surface area contributed by atoms with Gasteiger partial charge in [-0.25, -0.2) is 9.37 Å². The van der Waals surface area contributed by atoms with E-state index in [4.69, 9.17) is 11.6 Å². The van der Waals surface area contributed by atoms with Gasteiger partial charge in [0.1, 0.15) is 11.6 Å². The summed E-state index contributed by atoms with van der Waals surface area (Å²) in [6.07, 6.45) is 0.333. The molecule has 1 amide bonds. The van der Waals surface area contributed by atoms with Gasteiger partial charge < -0.3 is 5.32 Å². The molecule has 0 aliphatic rings. The van der Waals surface area contributed by atoms with Gasteiger partial charge in [-0.3, -0.25) is 14.6 Å². The second-order valence-corrected chi connectivity index (χ2v) is 6.33. The molecule has 0 aliphatic heterocycles. The molecule has 0 atom stereocenters. The van der Waals surface area contributed by atoms with Crippen LogP contribution in [0, 0.1) is 12.7 Å². The zero-order chi connectivity index (χ0) is 19.6. The summed E-state index contributed by atoms with van der Waals surface area (Å²) in [6.45, 7) is 3.61. The number of H-pyrrole nitrogens is 1. The fourth-order valence-corrected chi connectivity index (χ4v) is 2.80. The first-order valence-electron chi connectivity index (χ1n) is 8.27. The molecule has 2 aromatic heterocycles. The normalized spacial score (nSPS) is 10.8. The van der Waals surface area contributed by atoms with Gasteiger partial charge in [0.2, 0.25) is 11.9 Å². The lowest BCUT2D eigenvalue weighted by molar-refractivity contribution is -0.115. The van der Waals surface area contributed by atoms with Gasteiger partial charge in [-0.1, -0.05) is 24.6 Å².